The molecule has 2 aromatic heterocycles. The molecule has 4 heterocycles. The second-order valence-corrected chi connectivity index (χ2v) is 11.7. The SMILES string of the molecule is C/C=C1/C(=C/c2[nH]c(/C=c3\[nH]/c(=C\C4=NC(=O)C(CCOC(C)=O)=C4C)c(C)c3CCC(=O)O)c(CCC(=O)O)c2C)NC(=O)C1C. The smallest absolute Gasteiger partial charge is 0.303 e. The number of nitrogens with one attached hydrogen (secondary N) is 3. The molecule has 0 aliphatic carbocycles. The van der Waals surface area contributed by atoms with Crippen molar-refractivity contribution in [1.82, 2.24) is 15.3 Å². The van der Waals surface area contributed by atoms with Gasteiger partial charge >= 0.3 is 17.9 Å². The van der Waals surface area contributed by atoms with Gasteiger partial charge in [0, 0.05) is 59.5 Å². The molecule has 0 saturated carbocycles. The topological polar surface area (TPSA) is 191 Å². The molecular weight excluding hydrogens is 604 g/mol. The van der Waals surface area contributed by atoms with Gasteiger partial charge in [0.1, 0.15) is 0 Å². The van der Waals surface area contributed by atoms with Crippen molar-refractivity contribution >= 4 is 53.7 Å². The zero-order valence-corrected chi connectivity index (χ0v) is 27.4. The van der Waals surface area contributed by atoms with Gasteiger partial charge < -0.3 is 30.2 Å². The fourth-order valence-corrected chi connectivity index (χ4v) is 5.95. The molecular formula is C35H40N4O8. The molecule has 47 heavy (non-hydrogen) atoms. The summed E-state index contributed by atoms with van der Waals surface area (Å²) in [5, 5.41) is 23.1. The summed E-state index contributed by atoms with van der Waals surface area (Å²) in [5.41, 5.74) is 7.62. The van der Waals surface area contributed by atoms with Crippen molar-refractivity contribution in [2.24, 2.45) is 10.9 Å². The van der Waals surface area contributed by atoms with Gasteiger partial charge in [-0.3, -0.25) is 24.0 Å². The summed E-state index contributed by atoms with van der Waals surface area (Å²) < 4.78 is 5.00. The average molecular weight is 645 g/mol. The van der Waals surface area contributed by atoms with Crippen LogP contribution in [0, 0.1) is 19.8 Å². The maximum Gasteiger partial charge on any atom is 0.303 e. The minimum Gasteiger partial charge on any atom is -0.481 e. The number of allylic oxidation sites excluding steroid dienone is 3. The quantitative estimate of drug-likeness (QED) is 0.218. The number of esters is 1. The monoisotopic (exact) mass is 644 g/mol. The third-order valence-electron chi connectivity index (χ3n) is 8.65. The summed E-state index contributed by atoms with van der Waals surface area (Å²) in [4.78, 5) is 70.3. The normalized spacial score (nSPS) is 18.9. The number of nitrogens with zero attached hydrogens (tertiary/aromatic N) is 1. The number of aromatic nitrogens is 2. The lowest BCUT2D eigenvalue weighted by atomic mass is 10.00. The van der Waals surface area contributed by atoms with Crippen molar-refractivity contribution in [3.8, 4) is 0 Å². The van der Waals surface area contributed by atoms with Crippen LogP contribution in [-0.2, 0) is 41.6 Å². The molecule has 0 bridgehead atoms. The highest BCUT2D eigenvalue weighted by molar-refractivity contribution is 6.30. The van der Waals surface area contributed by atoms with Crippen molar-refractivity contribution < 1.29 is 38.9 Å². The Bertz CT molecular complexity index is 1920. The number of carbonyl (C=O) groups excluding carboxylic acids is 3. The molecule has 2 aliphatic heterocycles. The molecule has 2 aliphatic rings. The maximum atomic E-state index is 12.7. The van der Waals surface area contributed by atoms with Crippen molar-refractivity contribution in [3.63, 3.8) is 0 Å². The van der Waals surface area contributed by atoms with Gasteiger partial charge in [-0.1, -0.05) is 6.08 Å². The van der Waals surface area contributed by atoms with Crippen LogP contribution in [0.5, 0.6) is 0 Å². The van der Waals surface area contributed by atoms with Gasteiger partial charge in [0.15, 0.2) is 0 Å². The summed E-state index contributed by atoms with van der Waals surface area (Å²) in [6, 6.07) is 0. The number of hydrogen-bond acceptors (Lipinski definition) is 6. The molecule has 2 aromatic rings. The lowest BCUT2D eigenvalue weighted by molar-refractivity contribution is -0.141. The molecule has 1 fully saturated rings. The molecule has 4 rings (SSSR count). The highest BCUT2D eigenvalue weighted by Gasteiger charge is 2.29. The van der Waals surface area contributed by atoms with E-state index < -0.39 is 23.8 Å². The Morgan fingerprint density at radius 2 is 1.53 bits per heavy atom. The fourth-order valence-electron chi connectivity index (χ4n) is 5.95. The number of aliphatic imine (C=N–C) groups is 1. The van der Waals surface area contributed by atoms with Crippen LogP contribution in [0.4, 0.5) is 0 Å². The highest BCUT2D eigenvalue weighted by Crippen LogP contribution is 2.29. The van der Waals surface area contributed by atoms with E-state index in [4.69, 9.17) is 4.74 Å². The lowest BCUT2D eigenvalue weighted by Gasteiger charge is -2.03. The van der Waals surface area contributed by atoms with Crippen molar-refractivity contribution in [1.29, 1.82) is 0 Å². The summed E-state index contributed by atoms with van der Waals surface area (Å²) in [6.07, 6.45) is 7.81. The Balaban J connectivity index is 1.85. The van der Waals surface area contributed by atoms with Crippen LogP contribution in [0.1, 0.15) is 80.6 Å². The van der Waals surface area contributed by atoms with Gasteiger partial charge in [-0.05, 0) is 99.1 Å². The van der Waals surface area contributed by atoms with Gasteiger partial charge in [0.2, 0.25) is 5.91 Å². The number of carboxylic acids is 2. The lowest BCUT2D eigenvalue weighted by Crippen LogP contribution is -2.16. The Labute approximate surface area is 271 Å². The van der Waals surface area contributed by atoms with E-state index in [1.54, 1.807) is 13.0 Å². The first-order valence-electron chi connectivity index (χ1n) is 15.4. The Morgan fingerprint density at radius 1 is 0.872 bits per heavy atom. The van der Waals surface area contributed by atoms with Crippen LogP contribution in [0.15, 0.2) is 33.5 Å². The second-order valence-electron chi connectivity index (χ2n) is 11.7. The van der Waals surface area contributed by atoms with E-state index in [1.165, 1.54) is 6.92 Å². The molecule has 1 saturated heterocycles. The highest BCUT2D eigenvalue weighted by atomic mass is 16.5. The first-order valence-corrected chi connectivity index (χ1v) is 15.4. The van der Waals surface area contributed by atoms with Crippen molar-refractivity contribution in [2.45, 2.75) is 73.6 Å². The van der Waals surface area contributed by atoms with E-state index in [1.807, 2.05) is 45.9 Å². The van der Waals surface area contributed by atoms with Crippen molar-refractivity contribution in [3.05, 3.63) is 72.8 Å². The van der Waals surface area contributed by atoms with E-state index in [-0.39, 0.29) is 50.5 Å². The number of carboxylic acid groups (broad SMARTS) is 2. The minimum atomic E-state index is -0.955. The van der Waals surface area contributed by atoms with Crippen LogP contribution >= 0.6 is 0 Å². The number of aromatic amines is 2. The predicted molar refractivity (Wildman–Crippen MR) is 176 cm³/mol. The number of H-pyrrole nitrogens is 2. The van der Waals surface area contributed by atoms with E-state index in [2.05, 4.69) is 20.3 Å². The number of hydrogen-bond donors (Lipinski definition) is 5. The van der Waals surface area contributed by atoms with Gasteiger partial charge in [-0.15, -0.1) is 0 Å². The Morgan fingerprint density at radius 3 is 2.15 bits per heavy atom. The molecule has 12 nitrogen and oxygen atoms in total. The van der Waals surface area contributed by atoms with Crippen LogP contribution in [0.2, 0.25) is 0 Å². The summed E-state index contributed by atoms with van der Waals surface area (Å²) in [7, 11) is 0. The van der Waals surface area contributed by atoms with Gasteiger partial charge in [-0.2, -0.15) is 0 Å². The molecule has 12 heteroatoms. The van der Waals surface area contributed by atoms with Crippen LogP contribution < -0.4 is 16.0 Å². The minimum absolute atomic E-state index is 0.0659. The van der Waals surface area contributed by atoms with Gasteiger partial charge in [0.25, 0.3) is 5.91 Å². The summed E-state index contributed by atoms with van der Waals surface area (Å²) in [5.74, 6) is -3.13. The average Bonchev–Trinajstić information content (AvgIpc) is 3.64. The van der Waals surface area contributed by atoms with Crippen LogP contribution in [0.25, 0.3) is 18.2 Å². The molecule has 1 atom stereocenters. The fraction of sp³-hybridized carbons (Fsp3) is 0.371. The molecule has 0 aromatic carbocycles. The van der Waals surface area contributed by atoms with Crippen molar-refractivity contribution in [2.75, 3.05) is 6.61 Å². The van der Waals surface area contributed by atoms with E-state index in [9.17, 15) is 34.2 Å². The van der Waals surface area contributed by atoms with Crippen LogP contribution in [-0.4, -0.2) is 62.2 Å². The molecule has 248 valence electrons. The number of rotatable bonds is 12. The largest absolute Gasteiger partial charge is 0.481 e. The molecule has 5 N–H and O–H groups in total. The number of amides is 2. The second kappa shape index (κ2) is 14.4. The standard InChI is InChI=1S/C35H40N4O8/c1-7-22-20(5)34(45)39-29(22)15-27-18(3)24(9-11-33(43)44)31(37-27)16-30-23(8-10-32(41)42)17(2)26(36-30)14-28-19(4)25(35(46)38-28)12-13-47-21(6)40/h7,14-16,20,36-37H,8-13H2,1-6H3,(H,39,45)(H,41,42)(H,43,44)/b22-7+,26-14-,29-15-,30-16-. The first kappa shape index (κ1) is 34.6. The first-order chi connectivity index (χ1) is 22.2. The molecule has 2 amide bonds. The van der Waals surface area contributed by atoms with E-state index in [0.29, 0.717) is 44.6 Å². The Kier molecular flexibility index (Phi) is 10.6. The number of carbonyl (C=O) groups is 5. The molecule has 0 radical (unpaired) electrons. The summed E-state index contributed by atoms with van der Waals surface area (Å²) in [6.45, 7) is 10.6. The number of ether oxygens (including phenoxy) is 1. The van der Waals surface area contributed by atoms with E-state index >= 15 is 0 Å². The third-order valence-corrected chi connectivity index (χ3v) is 8.65. The van der Waals surface area contributed by atoms with Gasteiger partial charge in [-0.25, -0.2) is 4.99 Å². The van der Waals surface area contributed by atoms with E-state index in [0.717, 1.165) is 27.8 Å². The summed E-state index contributed by atoms with van der Waals surface area (Å²) >= 11 is 0. The molecule has 0 spiro atoms. The third kappa shape index (κ3) is 7.76. The van der Waals surface area contributed by atoms with Gasteiger partial charge in [0.05, 0.1) is 18.2 Å². The zero-order chi connectivity index (χ0) is 34.6. The predicted octanol–water partition coefficient (Wildman–Crippen LogP) is 2.91. The number of aliphatic carboxylic acids is 2. The van der Waals surface area contributed by atoms with Crippen LogP contribution in [0.3, 0.4) is 0 Å². The maximum absolute atomic E-state index is 12.7. The molecule has 1 unspecified atom stereocenters. The Hall–Kier alpha value is -5.26. The zero-order valence-electron chi connectivity index (χ0n) is 27.4.